The van der Waals surface area contributed by atoms with Crippen molar-refractivity contribution in [1.82, 2.24) is 9.88 Å². The van der Waals surface area contributed by atoms with E-state index in [4.69, 9.17) is 10.2 Å². The van der Waals surface area contributed by atoms with Gasteiger partial charge in [-0.05, 0) is 18.1 Å². The summed E-state index contributed by atoms with van der Waals surface area (Å²) < 4.78 is 5.19. The van der Waals surface area contributed by atoms with Crippen LogP contribution in [0.5, 0.6) is 0 Å². The number of hydrogen-bond donors (Lipinski definition) is 1. The SMILES string of the molecule is Cc1ncoc1C(=O)N1Cc2ccccc2CC1(C=O)CN. The lowest BCUT2D eigenvalue weighted by atomic mass is 9.83. The number of amides is 1. The summed E-state index contributed by atoms with van der Waals surface area (Å²) >= 11 is 0. The van der Waals surface area contributed by atoms with Crippen LogP contribution >= 0.6 is 0 Å². The fraction of sp³-hybridized carbons (Fsp3) is 0.312. The summed E-state index contributed by atoms with van der Waals surface area (Å²) in [6, 6.07) is 7.75. The summed E-state index contributed by atoms with van der Waals surface area (Å²) in [5.41, 5.74) is 7.36. The Bertz CT molecular complexity index is 725. The fourth-order valence-electron chi connectivity index (χ4n) is 2.88. The summed E-state index contributed by atoms with van der Waals surface area (Å²) in [6.07, 6.45) is 2.40. The van der Waals surface area contributed by atoms with E-state index in [0.717, 1.165) is 17.4 Å². The zero-order valence-corrected chi connectivity index (χ0v) is 12.3. The molecule has 2 aromatic rings. The van der Waals surface area contributed by atoms with Crippen LogP contribution in [0.3, 0.4) is 0 Å². The lowest BCUT2D eigenvalue weighted by Gasteiger charge is -2.43. The Labute approximate surface area is 127 Å². The number of nitrogens with two attached hydrogens (primary N) is 1. The second-order valence-electron chi connectivity index (χ2n) is 5.53. The number of rotatable bonds is 3. The molecule has 0 saturated carbocycles. The van der Waals surface area contributed by atoms with E-state index < -0.39 is 5.54 Å². The number of carbonyl (C=O) groups excluding carboxylic acids is 2. The van der Waals surface area contributed by atoms with Gasteiger partial charge in [-0.2, -0.15) is 0 Å². The van der Waals surface area contributed by atoms with Crippen molar-refractivity contribution in [2.45, 2.75) is 25.4 Å². The quantitative estimate of drug-likeness (QED) is 0.857. The maximum absolute atomic E-state index is 12.8. The van der Waals surface area contributed by atoms with Gasteiger partial charge in [0.2, 0.25) is 5.76 Å². The monoisotopic (exact) mass is 299 g/mol. The van der Waals surface area contributed by atoms with Crippen molar-refractivity contribution < 1.29 is 14.0 Å². The molecule has 1 amide bonds. The maximum Gasteiger partial charge on any atom is 0.292 e. The molecule has 6 heteroatoms. The highest BCUT2D eigenvalue weighted by Crippen LogP contribution is 2.31. The Morgan fingerprint density at radius 3 is 2.77 bits per heavy atom. The first-order valence-electron chi connectivity index (χ1n) is 7.06. The molecule has 1 aromatic carbocycles. The minimum Gasteiger partial charge on any atom is -0.438 e. The molecule has 0 spiro atoms. The molecule has 0 fully saturated rings. The van der Waals surface area contributed by atoms with Crippen LogP contribution in [-0.2, 0) is 17.8 Å². The molecule has 0 radical (unpaired) electrons. The molecule has 22 heavy (non-hydrogen) atoms. The Morgan fingerprint density at radius 1 is 1.45 bits per heavy atom. The number of benzene rings is 1. The van der Waals surface area contributed by atoms with Crippen LogP contribution in [0.1, 0.15) is 27.4 Å². The topological polar surface area (TPSA) is 89.4 Å². The van der Waals surface area contributed by atoms with Crippen molar-refractivity contribution in [3.8, 4) is 0 Å². The average Bonchev–Trinajstić information content (AvgIpc) is 2.98. The number of nitrogens with zero attached hydrogens (tertiary/aromatic N) is 2. The van der Waals surface area contributed by atoms with Gasteiger partial charge in [-0.1, -0.05) is 24.3 Å². The number of oxazole rings is 1. The van der Waals surface area contributed by atoms with E-state index in [9.17, 15) is 9.59 Å². The number of fused-ring (bicyclic) bond motifs is 1. The van der Waals surface area contributed by atoms with Crippen LogP contribution in [-0.4, -0.2) is 34.2 Å². The van der Waals surface area contributed by atoms with E-state index >= 15 is 0 Å². The fourth-order valence-corrected chi connectivity index (χ4v) is 2.88. The molecule has 114 valence electrons. The van der Waals surface area contributed by atoms with Gasteiger partial charge >= 0.3 is 0 Å². The summed E-state index contributed by atoms with van der Waals surface area (Å²) in [6.45, 7) is 2.08. The van der Waals surface area contributed by atoms with Crippen LogP contribution < -0.4 is 5.73 Å². The third-order valence-corrected chi connectivity index (χ3v) is 4.24. The van der Waals surface area contributed by atoms with Gasteiger partial charge in [-0.3, -0.25) is 4.79 Å². The van der Waals surface area contributed by atoms with Crippen molar-refractivity contribution in [1.29, 1.82) is 0 Å². The Balaban J connectivity index is 2.06. The molecular formula is C16H17N3O3. The lowest BCUT2D eigenvalue weighted by Crippen LogP contribution is -2.60. The van der Waals surface area contributed by atoms with E-state index in [0.29, 0.717) is 18.7 Å². The molecule has 2 N–H and O–H groups in total. The number of hydrogen-bond acceptors (Lipinski definition) is 5. The van der Waals surface area contributed by atoms with Crippen LogP contribution in [0.2, 0.25) is 0 Å². The first-order valence-corrected chi connectivity index (χ1v) is 7.06. The molecule has 2 heterocycles. The normalized spacial score (nSPS) is 20.5. The van der Waals surface area contributed by atoms with Crippen molar-refractivity contribution in [2.24, 2.45) is 5.73 Å². The average molecular weight is 299 g/mol. The number of aromatic nitrogens is 1. The predicted molar refractivity (Wildman–Crippen MR) is 79.1 cm³/mol. The van der Waals surface area contributed by atoms with Crippen molar-refractivity contribution >= 4 is 12.2 Å². The molecule has 1 unspecified atom stereocenters. The summed E-state index contributed by atoms with van der Waals surface area (Å²) in [5.74, 6) is -0.207. The second-order valence-corrected chi connectivity index (χ2v) is 5.53. The van der Waals surface area contributed by atoms with Gasteiger partial charge in [0.25, 0.3) is 5.91 Å². The predicted octanol–water partition coefficient (Wildman–Crippen LogP) is 1.08. The van der Waals surface area contributed by atoms with Gasteiger partial charge in [-0.15, -0.1) is 0 Å². The third kappa shape index (κ3) is 2.12. The minimum atomic E-state index is -1.05. The van der Waals surface area contributed by atoms with Gasteiger partial charge in [0.05, 0.1) is 5.69 Å². The summed E-state index contributed by atoms with van der Waals surface area (Å²) in [4.78, 5) is 30.0. The van der Waals surface area contributed by atoms with Crippen molar-refractivity contribution in [3.05, 3.63) is 53.2 Å². The zero-order chi connectivity index (χ0) is 15.7. The highest BCUT2D eigenvalue weighted by atomic mass is 16.3. The van der Waals surface area contributed by atoms with Crippen LogP contribution in [0.15, 0.2) is 35.1 Å². The second kappa shape index (κ2) is 5.38. The maximum atomic E-state index is 12.8. The van der Waals surface area contributed by atoms with Gasteiger partial charge in [-0.25, -0.2) is 4.98 Å². The molecule has 0 saturated heterocycles. The largest absolute Gasteiger partial charge is 0.438 e. The standard InChI is InChI=1S/C16H17N3O3/c1-11-14(22-10-18-11)15(21)19-7-13-5-3-2-4-12(13)6-16(19,8-17)9-20/h2-5,9-10H,6-8,17H2,1H3. The van der Waals surface area contributed by atoms with E-state index in [1.807, 2.05) is 24.3 Å². The van der Waals surface area contributed by atoms with E-state index in [2.05, 4.69) is 4.98 Å². The van der Waals surface area contributed by atoms with Gasteiger partial charge in [0.1, 0.15) is 11.8 Å². The molecule has 1 aliphatic heterocycles. The smallest absolute Gasteiger partial charge is 0.292 e. The molecule has 6 nitrogen and oxygen atoms in total. The highest BCUT2D eigenvalue weighted by Gasteiger charge is 2.44. The minimum absolute atomic E-state index is 0.0593. The molecule has 1 atom stereocenters. The lowest BCUT2D eigenvalue weighted by molar-refractivity contribution is -0.117. The molecule has 1 aromatic heterocycles. The molecule has 0 bridgehead atoms. The van der Waals surface area contributed by atoms with Crippen LogP contribution in [0.4, 0.5) is 0 Å². The highest BCUT2D eigenvalue weighted by molar-refractivity contribution is 5.95. The summed E-state index contributed by atoms with van der Waals surface area (Å²) in [5, 5.41) is 0. The molecule has 3 rings (SSSR count). The molecule has 0 aliphatic carbocycles. The van der Waals surface area contributed by atoms with Crippen LogP contribution in [0.25, 0.3) is 0 Å². The van der Waals surface area contributed by atoms with E-state index in [-0.39, 0.29) is 18.2 Å². The van der Waals surface area contributed by atoms with Gasteiger partial charge < -0.3 is 19.8 Å². The van der Waals surface area contributed by atoms with Crippen molar-refractivity contribution in [3.63, 3.8) is 0 Å². The Kier molecular flexibility index (Phi) is 3.54. The first-order chi connectivity index (χ1) is 10.6. The molecular weight excluding hydrogens is 282 g/mol. The molecule has 1 aliphatic rings. The van der Waals surface area contributed by atoms with Crippen LogP contribution in [0, 0.1) is 6.92 Å². The Hall–Kier alpha value is -2.47. The van der Waals surface area contributed by atoms with Gasteiger partial charge in [0.15, 0.2) is 6.39 Å². The number of carbonyl (C=O) groups is 2. The van der Waals surface area contributed by atoms with E-state index in [1.165, 1.54) is 11.3 Å². The van der Waals surface area contributed by atoms with Gasteiger partial charge in [0, 0.05) is 19.5 Å². The van der Waals surface area contributed by atoms with Crippen molar-refractivity contribution in [2.75, 3.05) is 6.54 Å². The summed E-state index contributed by atoms with van der Waals surface area (Å²) in [7, 11) is 0. The first kappa shape index (κ1) is 14.5. The van der Waals surface area contributed by atoms with E-state index in [1.54, 1.807) is 6.92 Å². The number of aldehydes is 1. The zero-order valence-electron chi connectivity index (χ0n) is 12.3. The third-order valence-electron chi connectivity index (χ3n) is 4.24. The number of aryl methyl sites for hydroxylation is 1. The Morgan fingerprint density at radius 2 is 2.18 bits per heavy atom.